The number of para-hydroxylation sites is 1. The minimum atomic E-state index is -4.05. The van der Waals surface area contributed by atoms with Crippen LogP contribution < -0.4 is 23.8 Å². The second kappa shape index (κ2) is 10.6. The molecule has 0 aromatic heterocycles. The highest BCUT2D eigenvalue weighted by atomic mass is 35.5. The second-order valence-electron chi connectivity index (χ2n) is 9.73. The van der Waals surface area contributed by atoms with E-state index in [9.17, 15) is 13.2 Å². The molecule has 3 aromatic carbocycles. The molecule has 1 N–H and O–H groups in total. The summed E-state index contributed by atoms with van der Waals surface area (Å²) >= 11 is 6.22. The van der Waals surface area contributed by atoms with Crippen molar-refractivity contribution in [1.29, 1.82) is 0 Å². The average molecular weight is 571 g/mol. The van der Waals surface area contributed by atoms with Crippen molar-refractivity contribution in [3.05, 3.63) is 77.3 Å². The Morgan fingerprint density at radius 3 is 2.49 bits per heavy atom. The van der Waals surface area contributed by atoms with Crippen molar-refractivity contribution < 1.29 is 27.4 Å². The van der Waals surface area contributed by atoms with Gasteiger partial charge in [0.05, 0.1) is 30.3 Å². The van der Waals surface area contributed by atoms with Gasteiger partial charge in [-0.05, 0) is 61.4 Å². The van der Waals surface area contributed by atoms with Gasteiger partial charge in [-0.15, -0.1) is 0 Å². The van der Waals surface area contributed by atoms with Gasteiger partial charge in [-0.25, -0.2) is 8.42 Å². The number of benzene rings is 3. The number of halogens is 1. The van der Waals surface area contributed by atoms with Crippen LogP contribution in [0, 0.1) is 0 Å². The number of hydrogen-bond donors (Lipinski definition) is 1. The Labute approximate surface area is 233 Å². The molecule has 10 heteroatoms. The van der Waals surface area contributed by atoms with Crippen molar-refractivity contribution >= 4 is 33.2 Å². The summed E-state index contributed by atoms with van der Waals surface area (Å²) < 4.78 is 46.3. The third-order valence-electron chi connectivity index (χ3n) is 7.53. The first-order valence-electron chi connectivity index (χ1n) is 12.9. The summed E-state index contributed by atoms with van der Waals surface area (Å²) in [7, 11) is -2.54. The molecule has 39 heavy (non-hydrogen) atoms. The van der Waals surface area contributed by atoms with E-state index in [4.69, 9.17) is 25.8 Å². The van der Waals surface area contributed by atoms with E-state index >= 15 is 0 Å². The number of amides is 1. The number of carbonyl (C=O) groups is 1. The number of anilines is 1. The molecule has 0 radical (unpaired) electrons. The van der Waals surface area contributed by atoms with E-state index in [2.05, 4.69) is 19.2 Å². The Morgan fingerprint density at radius 2 is 1.79 bits per heavy atom. The van der Waals surface area contributed by atoms with E-state index in [0.717, 1.165) is 24.2 Å². The monoisotopic (exact) mass is 570 g/mol. The Balaban J connectivity index is 1.46. The summed E-state index contributed by atoms with van der Waals surface area (Å²) in [6, 6.07) is 18.2. The molecular formula is C29H31ClN2O6S. The maximum absolute atomic E-state index is 13.8. The zero-order chi connectivity index (χ0) is 27.8. The van der Waals surface area contributed by atoms with Crippen molar-refractivity contribution in [3.63, 3.8) is 0 Å². The Kier molecular flexibility index (Phi) is 7.39. The lowest BCUT2D eigenvalue weighted by molar-refractivity contribution is -0.129. The zero-order valence-electron chi connectivity index (χ0n) is 22.0. The molecule has 1 amide bonds. The first-order valence-corrected chi connectivity index (χ1v) is 14.7. The van der Waals surface area contributed by atoms with Gasteiger partial charge in [0.2, 0.25) is 0 Å². The number of carbonyl (C=O) groups excluding carboxylic acids is 1. The highest BCUT2D eigenvalue weighted by Crippen LogP contribution is 2.43. The van der Waals surface area contributed by atoms with Gasteiger partial charge in [0, 0.05) is 17.0 Å². The van der Waals surface area contributed by atoms with Crippen LogP contribution in [0.25, 0.3) is 0 Å². The predicted molar refractivity (Wildman–Crippen MR) is 149 cm³/mol. The minimum Gasteiger partial charge on any atom is -0.497 e. The van der Waals surface area contributed by atoms with Gasteiger partial charge in [-0.1, -0.05) is 43.6 Å². The van der Waals surface area contributed by atoms with E-state index in [1.807, 2.05) is 24.3 Å². The van der Waals surface area contributed by atoms with Gasteiger partial charge in [0.1, 0.15) is 22.8 Å². The number of nitrogens with zero attached hydrogens (tertiary/aromatic N) is 1. The molecule has 0 saturated heterocycles. The number of ether oxygens (including phenoxy) is 3. The highest BCUT2D eigenvalue weighted by molar-refractivity contribution is 7.92. The van der Waals surface area contributed by atoms with Crippen molar-refractivity contribution in [2.45, 2.75) is 55.8 Å². The van der Waals surface area contributed by atoms with Crippen molar-refractivity contribution in [2.75, 3.05) is 18.0 Å². The van der Waals surface area contributed by atoms with Crippen LogP contribution in [0.3, 0.4) is 0 Å². The van der Waals surface area contributed by atoms with E-state index in [-0.39, 0.29) is 28.9 Å². The number of nitrogens with one attached hydrogen (secondary N) is 1. The Bertz CT molecular complexity index is 1470. The fraction of sp³-hybridized carbons (Fsp3) is 0.345. The van der Waals surface area contributed by atoms with Crippen LogP contribution >= 0.6 is 11.6 Å². The SMILES string of the molecule is CCC1(CC)CC(NC(=O)C2CN(S(=O)(=O)c3ccc(OC)cc3)c3cc(Cl)ccc3O2)c2ccccc2O1. The molecule has 206 valence electrons. The van der Waals surface area contributed by atoms with Crippen LogP contribution in [0.1, 0.15) is 44.7 Å². The topological polar surface area (TPSA) is 94.2 Å². The molecule has 8 nitrogen and oxygen atoms in total. The molecule has 2 aliphatic heterocycles. The fourth-order valence-electron chi connectivity index (χ4n) is 5.16. The van der Waals surface area contributed by atoms with E-state index < -0.39 is 27.6 Å². The van der Waals surface area contributed by atoms with Crippen molar-refractivity contribution in [3.8, 4) is 17.2 Å². The van der Waals surface area contributed by atoms with Crippen LogP contribution in [0.2, 0.25) is 5.02 Å². The van der Waals surface area contributed by atoms with Crippen LogP contribution in [0.4, 0.5) is 5.69 Å². The first kappa shape index (κ1) is 27.1. The molecule has 2 atom stereocenters. The quantitative estimate of drug-likeness (QED) is 0.403. The second-order valence-corrected chi connectivity index (χ2v) is 12.0. The molecule has 0 spiro atoms. The van der Waals surface area contributed by atoms with Gasteiger partial charge >= 0.3 is 0 Å². The summed E-state index contributed by atoms with van der Waals surface area (Å²) in [6.07, 6.45) is 1.08. The maximum atomic E-state index is 13.8. The average Bonchev–Trinajstić information content (AvgIpc) is 2.96. The Hall–Kier alpha value is -3.43. The zero-order valence-corrected chi connectivity index (χ0v) is 23.6. The lowest BCUT2D eigenvalue weighted by atomic mass is 9.83. The fourth-order valence-corrected chi connectivity index (χ4v) is 6.79. The summed E-state index contributed by atoms with van der Waals surface area (Å²) in [5.41, 5.74) is 0.746. The number of rotatable bonds is 7. The third-order valence-corrected chi connectivity index (χ3v) is 9.56. The molecule has 0 fully saturated rings. The van der Waals surface area contributed by atoms with Crippen LogP contribution in [0.15, 0.2) is 71.6 Å². The molecule has 5 rings (SSSR count). The van der Waals surface area contributed by atoms with Gasteiger partial charge in [-0.2, -0.15) is 0 Å². The molecule has 0 saturated carbocycles. The maximum Gasteiger partial charge on any atom is 0.264 e. The lowest BCUT2D eigenvalue weighted by Gasteiger charge is -2.42. The molecule has 2 heterocycles. The molecular weight excluding hydrogens is 540 g/mol. The molecule has 2 aliphatic rings. The predicted octanol–water partition coefficient (Wildman–Crippen LogP) is 5.50. The van der Waals surface area contributed by atoms with E-state index in [1.165, 1.54) is 29.6 Å². The number of hydrogen-bond acceptors (Lipinski definition) is 6. The lowest BCUT2D eigenvalue weighted by Crippen LogP contribution is -2.52. The summed E-state index contributed by atoms with van der Waals surface area (Å²) in [5, 5.41) is 3.48. The summed E-state index contributed by atoms with van der Waals surface area (Å²) in [4.78, 5) is 13.8. The van der Waals surface area contributed by atoms with Crippen molar-refractivity contribution in [2.24, 2.45) is 0 Å². The number of methoxy groups -OCH3 is 1. The minimum absolute atomic E-state index is 0.0596. The normalized spacial score (nSPS) is 19.6. The number of fused-ring (bicyclic) bond motifs is 2. The first-order chi connectivity index (χ1) is 18.7. The highest BCUT2D eigenvalue weighted by Gasteiger charge is 2.42. The van der Waals surface area contributed by atoms with Gasteiger partial charge < -0.3 is 19.5 Å². The standard InChI is InChI=1S/C29H31ClN2O6S/c1-4-29(5-2)17-23(22-8-6-7-9-25(22)38-29)31-28(33)27-18-32(24-16-19(30)10-15-26(24)37-27)39(34,35)21-13-11-20(36-3)12-14-21/h6-16,23,27H,4-5,17-18H2,1-3H3,(H,31,33). The van der Waals surface area contributed by atoms with Gasteiger partial charge in [0.15, 0.2) is 6.10 Å². The molecule has 3 aromatic rings. The summed E-state index contributed by atoms with van der Waals surface area (Å²) in [6.45, 7) is 3.93. The largest absolute Gasteiger partial charge is 0.497 e. The van der Waals surface area contributed by atoms with Crippen LogP contribution in [-0.2, 0) is 14.8 Å². The van der Waals surface area contributed by atoms with Gasteiger partial charge in [-0.3, -0.25) is 9.10 Å². The molecule has 0 aliphatic carbocycles. The van der Waals surface area contributed by atoms with E-state index in [1.54, 1.807) is 24.3 Å². The van der Waals surface area contributed by atoms with Crippen LogP contribution in [-0.4, -0.2) is 39.7 Å². The summed E-state index contributed by atoms with van der Waals surface area (Å²) in [5.74, 6) is 1.12. The molecule has 2 unspecified atom stereocenters. The third kappa shape index (κ3) is 5.13. The Morgan fingerprint density at radius 1 is 1.08 bits per heavy atom. The van der Waals surface area contributed by atoms with Crippen LogP contribution in [0.5, 0.6) is 17.2 Å². The number of sulfonamides is 1. The van der Waals surface area contributed by atoms with Crippen molar-refractivity contribution in [1.82, 2.24) is 5.32 Å². The molecule has 0 bridgehead atoms. The van der Waals surface area contributed by atoms with Gasteiger partial charge in [0.25, 0.3) is 15.9 Å². The van der Waals surface area contributed by atoms with E-state index in [0.29, 0.717) is 17.2 Å². The smallest absolute Gasteiger partial charge is 0.264 e.